The van der Waals surface area contributed by atoms with Crippen LogP contribution >= 0.6 is 0 Å². The number of ether oxygens (including phenoxy) is 2. The van der Waals surface area contributed by atoms with Crippen LogP contribution in [0.25, 0.3) is 0 Å². The zero-order chi connectivity index (χ0) is 28.1. The van der Waals surface area contributed by atoms with Gasteiger partial charge in [0.15, 0.2) is 5.96 Å². The summed E-state index contributed by atoms with van der Waals surface area (Å²) >= 11 is 0. The largest absolute Gasteiger partial charge is 0.493 e. The van der Waals surface area contributed by atoms with Crippen LogP contribution in [0.1, 0.15) is 87.4 Å². The van der Waals surface area contributed by atoms with E-state index in [9.17, 15) is 14.7 Å². The van der Waals surface area contributed by atoms with Gasteiger partial charge in [-0.05, 0) is 51.0 Å². The first-order valence-corrected chi connectivity index (χ1v) is 13.7. The second-order valence-electron chi connectivity index (χ2n) is 11.5. The molecule has 9 heteroatoms. The molecule has 2 aromatic carbocycles. The Morgan fingerprint density at radius 1 is 1.15 bits per heavy atom. The number of aliphatic hydroxyl groups is 1. The first-order chi connectivity index (χ1) is 18.5. The van der Waals surface area contributed by atoms with Crippen molar-refractivity contribution in [3.05, 3.63) is 59.2 Å². The molecule has 4 atom stereocenters. The van der Waals surface area contributed by atoms with Gasteiger partial charge in [-0.15, -0.1) is 0 Å². The van der Waals surface area contributed by atoms with Crippen molar-refractivity contribution in [3.8, 4) is 11.5 Å². The molecule has 3 aliphatic rings. The number of hydrogen-bond donors (Lipinski definition) is 4. The number of amides is 2. The van der Waals surface area contributed by atoms with Crippen molar-refractivity contribution in [1.29, 1.82) is 5.41 Å². The lowest BCUT2D eigenvalue weighted by molar-refractivity contribution is -0.134. The van der Waals surface area contributed by atoms with Gasteiger partial charge in [-0.25, -0.2) is 0 Å². The van der Waals surface area contributed by atoms with Crippen molar-refractivity contribution < 1.29 is 24.2 Å². The molecule has 0 unspecified atom stereocenters. The summed E-state index contributed by atoms with van der Waals surface area (Å²) in [6.45, 7) is 10.0. The Hall–Kier alpha value is -3.59. The smallest absolute Gasteiger partial charge is 0.251 e. The van der Waals surface area contributed by atoms with Gasteiger partial charge in [-0.1, -0.05) is 39.0 Å². The third kappa shape index (κ3) is 4.62. The molecular weight excluding hydrogens is 496 g/mol. The average molecular weight is 535 g/mol. The van der Waals surface area contributed by atoms with Crippen molar-refractivity contribution in [1.82, 2.24) is 15.5 Å². The third-order valence-electron chi connectivity index (χ3n) is 8.59. The summed E-state index contributed by atoms with van der Waals surface area (Å²) < 4.78 is 12.0. The van der Waals surface area contributed by atoms with Crippen LogP contribution in [-0.4, -0.2) is 51.6 Å². The van der Waals surface area contributed by atoms with Crippen LogP contribution in [0.4, 0.5) is 0 Å². The second kappa shape index (κ2) is 9.86. The highest BCUT2D eigenvalue weighted by Gasteiger charge is 2.46. The number of guanidine groups is 1. The van der Waals surface area contributed by atoms with E-state index in [4.69, 9.17) is 14.9 Å². The van der Waals surface area contributed by atoms with Gasteiger partial charge in [0.2, 0.25) is 5.91 Å². The lowest BCUT2D eigenvalue weighted by Crippen LogP contribution is -2.63. The number of hydrogen-bond acceptors (Lipinski definition) is 6. The molecule has 39 heavy (non-hydrogen) atoms. The zero-order valence-corrected chi connectivity index (χ0v) is 23.2. The fourth-order valence-corrected chi connectivity index (χ4v) is 6.02. The molecule has 208 valence electrons. The minimum atomic E-state index is -0.972. The molecule has 3 heterocycles. The summed E-state index contributed by atoms with van der Waals surface area (Å²) in [5.74, 6) is 0.735. The Morgan fingerprint density at radius 2 is 1.87 bits per heavy atom. The molecule has 0 bridgehead atoms. The predicted octanol–water partition coefficient (Wildman–Crippen LogP) is 4.07. The molecule has 0 radical (unpaired) electrons. The van der Waals surface area contributed by atoms with Crippen molar-refractivity contribution in [2.24, 2.45) is 5.92 Å². The lowest BCUT2D eigenvalue weighted by atomic mass is 9.84. The highest BCUT2D eigenvalue weighted by atomic mass is 16.5. The van der Waals surface area contributed by atoms with Crippen molar-refractivity contribution in [2.75, 3.05) is 6.61 Å². The molecule has 0 saturated carbocycles. The molecule has 4 N–H and O–H groups in total. The second-order valence-corrected chi connectivity index (χ2v) is 11.5. The molecular formula is C30H38N4O5. The van der Waals surface area contributed by atoms with E-state index in [2.05, 4.69) is 10.6 Å². The fraction of sp³-hybridized carbons (Fsp3) is 0.500. The van der Waals surface area contributed by atoms with Gasteiger partial charge in [0, 0.05) is 28.1 Å². The molecule has 2 amide bonds. The molecule has 3 aliphatic heterocycles. The van der Waals surface area contributed by atoms with E-state index in [1.54, 1.807) is 32.0 Å². The van der Waals surface area contributed by atoms with Gasteiger partial charge in [-0.3, -0.25) is 19.9 Å². The van der Waals surface area contributed by atoms with Crippen LogP contribution in [0, 0.1) is 11.3 Å². The molecule has 9 nitrogen and oxygen atoms in total. The van der Waals surface area contributed by atoms with Crippen LogP contribution in [0.5, 0.6) is 11.5 Å². The monoisotopic (exact) mass is 534 g/mol. The third-order valence-corrected chi connectivity index (χ3v) is 8.59. The summed E-state index contributed by atoms with van der Waals surface area (Å²) in [4.78, 5) is 28.6. The average Bonchev–Trinajstić information content (AvgIpc) is 2.91. The van der Waals surface area contributed by atoms with E-state index in [0.717, 1.165) is 12.8 Å². The summed E-state index contributed by atoms with van der Waals surface area (Å²) in [6.07, 6.45) is 0.820. The molecule has 0 aromatic heterocycles. The SMILES string of the molecule is CCC1(CC)CC(=O)N([C@H]2c3cc(C(=O)N[C@@H]4c5ccccc5OC(C)(C)[C@H]4O)ccc3OC[C@@H]2C)C(=N)N1. The topological polar surface area (TPSA) is 124 Å². The maximum Gasteiger partial charge on any atom is 0.251 e. The van der Waals surface area contributed by atoms with Gasteiger partial charge in [-0.2, -0.15) is 0 Å². The summed E-state index contributed by atoms with van der Waals surface area (Å²) in [6, 6.07) is 11.4. The van der Waals surface area contributed by atoms with E-state index in [-0.39, 0.29) is 23.7 Å². The zero-order valence-electron chi connectivity index (χ0n) is 23.2. The quantitative estimate of drug-likeness (QED) is 0.458. The Kier molecular flexibility index (Phi) is 6.83. The van der Waals surface area contributed by atoms with Gasteiger partial charge < -0.3 is 25.2 Å². The van der Waals surface area contributed by atoms with Crippen LogP contribution in [0.2, 0.25) is 0 Å². The van der Waals surface area contributed by atoms with E-state index in [1.807, 2.05) is 45.0 Å². The number of carbonyl (C=O) groups is 2. The van der Waals surface area contributed by atoms with Crippen LogP contribution in [-0.2, 0) is 4.79 Å². The number of nitrogens with zero attached hydrogens (tertiary/aromatic N) is 1. The van der Waals surface area contributed by atoms with Gasteiger partial charge in [0.05, 0.1) is 25.1 Å². The number of aliphatic hydroxyl groups excluding tert-OH is 1. The van der Waals surface area contributed by atoms with Crippen molar-refractivity contribution in [2.45, 2.75) is 83.2 Å². The van der Waals surface area contributed by atoms with Crippen LogP contribution in [0.15, 0.2) is 42.5 Å². The minimum absolute atomic E-state index is 0.0821. The highest BCUT2D eigenvalue weighted by molar-refractivity contribution is 6.00. The standard InChI is InChI=1S/C30H38N4O5/c1-6-30(7-2)15-23(35)34(28(31)33-30)25-17(3)16-38-21-13-12-18(14-20(21)25)27(37)32-24-19-10-8-9-11-22(19)39-29(4,5)26(24)36/h8-14,17,24-26,36H,6-7,15-16H2,1-5H3,(H2,31,33)(H,32,37)/t17-,24+,25+,26-/m0/s1. The summed E-state index contributed by atoms with van der Waals surface area (Å²) in [5, 5.41) is 26.2. The Balaban J connectivity index is 1.46. The van der Waals surface area contributed by atoms with E-state index < -0.39 is 29.3 Å². The molecule has 0 aliphatic carbocycles. The highest BCUT2D eigenvalue weighted by Crippen LogP contribution is 2.43. The first-order valence-electron chi connectivity index (χ1n) is 13.7. The molecule has 0 spiro atoms. The van der Waals surface area contributed by atoms with Gasteiger partial charge in [0.1, 0.15) is 23.2 Å². The van der Waals surface area contributed by atoms with Gasteiger partial charge in [0.25, 0.3) is 5.91 Å². The number of rotatable bonds is 5. The summed E-state index contributed by atoms with van der Waals surface area (Å²) in [7, 11) is 0. The van der Waals surface area contributed by atoms with Gasteiger partial charge >= 0.3 is 0 Å². The Labute approximate surface area is 229 Å². The number of para-hydroxylation sites is 1. The fourth-order valence-electron chi connectivity index (χ4n) is 6.02. The predicted molar refractivity (Wildman–Crippen MR) is 147 cm³/mol. The normalized spacial score (nSPS) is 26.9. The molecule has 1 fully saturated rings. The Bertz CT molecular complexity index is 1280. The van der Waals surface area contributed by atoms with E-state index >= 15 is 0 Å². The van der Waals surface area contributed by atoms with Crippen LogP contribution in [0.3, 0.4) is 0 Å². The maximum absolute atomic E-state index is 13.6. The minimum Gasteiger partial charge on any atom is -0.493 e. The van der Waals surface area contributed by atoms with Crippen LogP contribution < -0.4 is 20.1 Å². The number of fused-ring (bicyclic) bond motifs is 2. The van der Waals surface area contributed by atoms with Crippen molar-refractivity contribution in [3.63, 3.8) is 0 Å². The molecule has 1 saturated heterocycles. The van der Waals surface area contributed by atoms with Crippen molar-refractivity contribution >= 4 is 17.8 Å². The summed E-state index contributed by atoms with van der Waals surface area (Å²) in [5.41, 5.74) is 0.461. The molecule has 2 aromatic rings. The first kappa shape index (κ1) is 27.0. The number of nitrogens with one attached hydrogen (secondary N) is 3. The maximum atomic E-state index is 13.6. The van der Waals surface area contributed by atoms with E-state index in [1.165, 1.54) is 4.90 Å². The number of carbonyl (C=O) groups excluding carboxylic acids is 2. The Morgan fingerprint density at radius 3 is 2.56 bits per heavy atom. The number of benzene rings is 2. The van der Waals surface area contributed by atoms with E-state index in [0.29, 0.717) is 41.2 Å². The molecule has 5 rings (SSSR count). The lowest BCUT2D eigenvalue weighted by Gasteiger charge is -2.47.